The average molecular weight is 257 g/mol. The van der Waals surface area contributed by atoms with Crippen LogP contribution in [0.25, 0.3) is 11.3 Å². The minimum Gasteiger partial charge on any atom is -0.393 e. The summed E-state index contributed by atoms with van der Waals surface area (Å²) in [5.41, 5.74) is 9.34. The van der Waals surface area contributed by atoms with Crippen molar-refractivity contribution in [2.45, 2.75) is 37.3 Å². The van der Waals surface area contributed by atoms with E-state index < -0.39 is 0 Å². The molecule has 1 heterocycles. The van der Waals surface area contributed by atoms with Crippen LogP contribution in [0.3, 0.4) is 0 Å². The quantitative estimate of drug-likeness (QED) is 0.771. The van der Waals surface area contributed by atoms with E-state index in [9.17, 15) is 5.11 Å². The SMILES string of the molecule is NC1(c2cn[nH]c2-c2ccccc2)CCC(O)CC1. The third kappa shape index (κ3) is 2.29. The van der Waals surface area contributed by atoms with Crippen molar-refractivity contribution in [3.63, 3.8) is 0 Å². The van der Waals surface area contributed by atoms with Crippen molar-refractivity contribution in [2.75, 3.05) is 0 Å². The maximum atomic E-state index is 9.65. The normalized spacial score (nSPS) is 27.4. The molecule has 0 unspecified atom stereocenters. The number of nitrogens with one attached hydrogen (secondary N) is 1. The van der Waals surface area contributed by atoms with Crippen LogP contribution in [-0.2, 0) is 5.54 Å². The third-order valence-corrected chi connectivity index (χ3v) is 4.09. The third-order valence-electron chi connectivity index (χ3n) is 4.09. The molecular formula is C15H19N3O. The van der Waals surface area contributed by atoms with Crippen LogP contribution in [0.4, 0.5) is 0 Å². The van der Waals surface area contributed by atoms with E-state index in [0.29, 0.717) is 0 Å². The van der Waals surface area contributed by atoms with E-state index in [0.717, 1.165) is 42.5 Å². The first-order valence-electron chi connectivity index (χ1n) is 6.75. The van der Waals surface area contributed by atoms with Crippen LogP contribution in [0.2, 0.25) is 0 Å². The summed E-state index contributed by atoms with van der Waals surface area (Å²) in [5, 5.41) is 16.9. The molecule has 1 fully saturated rings. The fourth-order valence-electron chi connectivity index (χ4n) is 2.88. The monoisotopic (exact) mass is 257 g/mol. The average Bonchev–Trinajstić information content (AvgIpc) is 2.93. The minimum absolute atomic E-state index is 0.205. The molecule has 19 heavy (non-hydrogen) atoms. The van der Waals surface area contributed by atoms with Gasteiger partial charge in [-0.15, -0.1) is 0 Å². The van der Waals surface area contributed by atoms with E-state index in [1.54, 1.807) is 0 Å². The molecule has 4 N–H and O–H groups in total. The Hall–Kier alpha value is -1.65. The Morgan fingerprint density at radius 2 is 1.89 bits per heavy atom. The van der Waals surface area contributed by atoms with E-state index in [1.165, 1.54) is 0 Å². The van der Waals surface area contributed by atoms with Gasteiger partial charge in [-0.2, -0.15) is 5.10 Å². The van der Waals surface area contributed by atoms with Gasteiger partial charge < -0.3 is 10.8 Å². The van der Waals surface area contributed by atoms with Crippen molar-refractivity contribution in [1.82, 2.24) is 10.2 Å². The number of aliphatic hydroxyl groups is 1. The molecule has 1 saturated carbocycles. The van der Waals surface area contributed by atoms with Crippen LogP contribution >= 0.6 is 0 Å². The highest BCUT2D eigenvalue weighted by Gasteiger charge is 2.35. The Balaban J connectivity index is 1.96. The Bertz CT molecular complexity index is 542. The molecule has 0 atom stereocenters. The molecular weight excluding hydrogens is 238 g/mol. The molecule has 0 amide bonds. The summed E-state index contributed by atoms with van der Waals surface area (Å²) >= 11 is 0. The van der Waals surface area contributed by atoms with Crippen molar-refractivity contribution >= 4 is 0 Å². The zero-order valence-electron chi connectivity index (χ0n) is 10.8. The van der Waals surface area contributed by atoms with Gasteiger partial charge in [-0.25, -0.2) is 0 Å². The predicted molar refractivity (Wildman–Crippen MR) is 74.4 cm³/mol. The molecule has 0 aliphatic heterocycles. The highest BCUT2D eigenvalue weighted by atomic mass is 16.3. The first-order valence-corrected chi connectivity index (χ1v) is 6.75. The second-order valence-electron chi connectivity index (χ2n) is 5.41. The molecule has 1 aliphatic carbocycles. The molecule has 0 bridgehead atoms. The molecule has 2 aromatic rings. The minimum atomic E-state index is -0.378. The van der Waals surface area contributed by atoms with E-state index >= 15 is 0 Å². The standard InChI is InChI=1S/C15H19N3O/c16-15(8-6-12(19)7-9-15)13-10-17-18-14(13)11-4-2-1-3-5-11/h1-5,10,12,19H,6-9,16H2,(H,17,18). The van der Waals surface area contributed by atoms with Crippen molar-refractivity contribution in [2.24, 2.45) is 5.73 Å². The number of H-pyrrole nitrogens is 1. The van der Waals surface area contributed by atoms with E-state index in [4.69, 9.17) is 5.73 Å². The molecule has 0 saturated heterocycles. The summed E-state index contributed by atoms with van der Waals surface area (Å²) in [4.78, 5) is 0. The highest BCUT2D eigenvalue weighted by Crippen LogP contribution is 2.38. The van der Waals surface area contributed by atoms with Gasteiger partial charge in [0.25, 0.3) is 0 Å². The Kier molecular flexibility index (Phi) is 3.12. The zero-order chi connectivity index (χ0) is 13.3. The summed E-state index contributed by atoms with van der Waals surface area (Å²) in [6.07, 6.45) is 4.75. The first-order chi connectivity index (χ1) is 9.19. The van der Waals surface area contributed by atoms with Crippen LogP contribution in [0.15, 0.2) is 36.5 Å². The predicted octanol–water partition coefficient (Wildman–Crippen LogP) is 2.17. The van der Waals surface area contributed by atoms with Gasteiger partial charge in [0.2, 0.25) is 0 Å². The van der Waals surface area contributed by atoms with Crippen LogP contribution in [-0.4, -0.2) is 21.4 Å². The van der Waals surface area contributed by atoms with Gasteiger partial charge in [0.1, 0.15) is 0 Å². The molecule has 3 rings (SSSR count). The van der Waals surface area contributed by atoms with Crippen molar-refractivity contribution < 1.29 is 5.11 Å². The van der Waals surface area contributed by atoms with Gasteiger partial charge in [0.05, 0.1) is 18.0 Å². The van der Waals surface area contributed by atoms with E-state index in [1.807, 2.05) is 24.4 Å². The summed E-state index contributed by atoms with van der Waals surface area (Å²) in [7, 11) is 0. The fraction of sp³-hybridized carbons (Fsp3) is 0.400. The second kappa shape index (κ2) is 4.79. The Morgan fingerprint density at radius 3 is 2.58 bits per heavy atom. The van der Waals surface area contributed by atoms with Crippen molar-refractivity contribution in [3.05, 3.63) is 42.1 Å². The smallest absolute Gasteiger partial charge is 0.0700 e. The van der Waals surface area contributed by atoms with Crippen molar-refractivity contribution in [3.8, 4) is 11.3 Å². The van der Waals surface area contributed by atoms with E-state index in [2.05, 4.69) is 22.3 Å². The Morgan fingerprint density at radius 1 is 1.21 bits per heavy atom. The molecule has 0 radical (unpaired) electrons. The summed E-state index contributed by atoms with van der Waals surface area (Å²) in [5.74, 6) is 0. The number of aliphatic hydroxyl groups excluding tert-OH is 1. The lowest BCUT2D eigenvalue weighted by atomic mass is 9.76. The number of hydrogen-bond donors (Lipinski definition) is 3. The highest BCUT2D eigenvalue weighted by molar-refractivity contribution is 5.64. The second-order valence-corrected chi connectivity index (χ2v) is 5.41. The van der Waals surface area contributed by atoms with Gasteiger partial charge in [-0.3, -0.25) is 5.10 Å². The number of aromatic amines is 1. The number of hydrogen-bond acceptors (Lipinski definition) is 3. The fourth-order valence-corrected chi connectivity index (χ4v) is 2.88. The lowest BCUT2D eigenvalue weighted by molar-refractivity contribution is 0.0971. The van der Waals surface area contributed by atoms with Gasteiger partial charge in [0, 0.05) is 11.1 Å². The first kappa shape index (κ1) is 12.4. The molecule has 1 aliphatic rings. The molecule has 0 spiro atoms. The summed E-state index contributed by atoms with van der Waals surface area (Å²) in [6, 6.07) is 10.1. The summed E-state index contributed by atoms with van der Waals surface area (Å²) in [6.45, 7) is 0. The van der Waals surface area contributed by atoms with Crippen LogP contribution in [0, 0.1) is 0 Å². The lowest BCUT2D eigenvalue weighted by Crippen LogP contribution is -2.41. The number of nitrogens with two attached hydrogens (primary N) is 1. The lowest BCUT2D eigenvalue weighted by Gasteiger charge is -2.35. The zero-order valence-corrected chi connectivity index (χ0v) is 10.8. The van der Waals surface area contributed by atoms with Gasteiger partial charge >= 0.3 is 0 Å². The van der Waals surface area contributed by atoms with Gasteiger partial charge in [-0.1, -0.05) is 30.3 Å². The number of aromatic nitrogens is 2. The Labute approximate surface area is 112 Å². The summed E-state index contributed by atoms with van der Waals surface area (Å²) < 4.78 is 0. The maximum Gasteiger partial charge on any atom is 0.0700 e. The molecule has 4 nitrogen and oxygen atoms in total. The van der Waals surface area contributed by atoms with Crippen molar-refractivity contribution in [1.29, 1.82) is 0 Å². The van der Waals surface area contributed by atoms with E-state index in [-0.39, 0.29) is 11.6 Å². The molecule has 4 heteroatoms. The van der Waals surface area contributed by atoms with Crippen LogP contribution < -0.4 is 5.73 Å². The van der Waals surface area contributed by atoms with Gasteiger partial charge in [0.15, 0.2) is 0 Å². The number of nitrogens with zero attached hydrogens (tertiary/aromatic N) is 1. The van der Waals surface area contributed by atoms with Gasteiger partial charge in [-0.05, 0) is 31.2 Å². The largest absolute Gasteiger partial charge is 0.393 e. The number of rotatable bonds is 2. The van der Waals surface area contributed by atoms with Crippen LogP contribution in [0.5, 0.6) is 0 Å². The number of benzene rings is 1. The molecule has 1 aromatic carbocycles. The van der Waals surface area contributed by atoms with Crippen LogP contribution in [0.1, 0.15) is 31.2 Å². The topological polar surface area (TPSA) is 74.9 Å². The maximum absolute atomic E-state index is 9.65. The molecule has 100 valence electrons. The molecule has 1 aromatic heterocycles.